The van der Waals surface area contributed by atoms with Gasteiger partial charge >= 0.3 is 0 Å². The molecule has 4 heteroatoms. The Morgan fingerprint density at radius 3 is 2.72 bits per heavy atom. The number of aliphatic hydroxyl groups is 1. The van der Waals surface area contributed by atoms with E-state index in [1.165, 1.54) is 0 Å². The van der Waals surface area contributed by atoms with Crippen LogP contribution in [0, 0.1) is 0 Å². The Bertz CT molecular complexity index is 354. The molecule has 18 heavy (non-hydrogen) atoms. The zero-order valence-corrected chi connectivity index (χ0v) is 10.8. The monoisotopic (exact) mass is 252 g/mol. The minimum absolute atomic E-state index is 0.251. The van der Waals surface area contributed by atoms with Gasteiger partial charge in [-0.3, -0.25) is 0 Å². The number of hydrogen-bond donors (Lipinski definition) is 1. The predicted octanol–water partition coefficient (Wildman–Crippen LogP) is 1.71. The maximum atomic E-state index is 10.0. The van der Waals surface area contributed by atoms with Crippen LogP contribution in [0.2, 0.25) is 0 Å². The fraction of sp³-hybridized carbons (Fsp3) is 0.571. The molecule has 1 aliphatic heterocycles. The van der Waals surface area contributed by atoms with Gasteiger partial charge in [0.05, 0.1) is 18.8 Å². The van der Waals surface area contributed by atoms with Crippen LogP contribution in [-0.4, -0.2) is 36.8 Å². The average molecular weight is 252 g/mol. The number of hydrogen-bond acceptors (Lipinski definition) is 4. The highest BCUT2D eigenvalue weighted by atomic mass is 16.7. The van der Waals surface area contributed by atoms with E-state index in [1.54, 1.807) is 7.11 Å². The Morgan fingerprint density at radius 1 is 1.33 bits per heavy atom. The molecule has 0 bridgehead atoms. The average Bonchev–Trinajstić information content (AvgIpc) is 2.41. The molecule has 1 saturated heterocycles. The van der Waals surface area contributed by atoms with Crippen molar-refractivity contribution in [3.8, 4) is 0 Å². The molecule has 0 aliphatic carbocycles. The fourth-order valence-corrected chi connectivity index (χ4v) is 2.10. The Balaban J connectivity index is 1.91. The minimum atomic E-state index is -0.611. The molecule has 1 aliphatic rings. The van der Waals surface area contributed by atoms with Crippen molar-refractivity contribution in [3.05, 3.63) is 35.9 Å². The molecule has 0 spiro atoms. The SMILES string of the molecule is CO[C@H]1C[C@H](OCc2ccccc2)[C@H](O)[C@H](C)O1. The van der Waals surface area contributed by atoms with Gasteiger partial charge in [-0.05, 0) is 12.5 Å². The lowest BCUT2D eigenvalue weighted by atomic mass is 10.0. The quantitative estimate of drug-likeness (QED) is 0.886. The second-order valence-corrected chi connectivity index (χ2v) is 4.57. The Hall–Kier alpha value is -0.940. The van der Waals surface area contributed by atoms with E-state index in [-0.39, 0.29) is 18.5 Å². The van der Waals surface area contributed by atoms with E-state index < -0.39 is 6.10 Å². The maximum Gasteiger partial charge on any atom is 0.160 e. The third-order valence-electron chi connectivity index (χ3n) is 3.22. The molecular formula is C14H20O4. The van der Waals surface area contributed by atoms with E-state index in [4.69, 9.17) is 14.2 Å². The van der Waals surface area contributed by atoms with E-state index >= 15 is 0 Å². The van der Waals surface area contributed by atoms with E-state index in [0.29, 0.717) is 13.0 Å². The molecule has 1 N–H and O–H groups in total. The van der Waals surface area contributed by atoms with Crippen molar-refractivity contribution in [2.45, 2.75) is 44.6 Å². The molecule has 0 amide bonds. The summed E-state index contributed by atoms with van der Waals surface area (Å²) in [6.07, 6.45) is -0.887. The first-order chi connectivity index (χ1) is 8.70. The topological polar surface area (TPSA) is 47.9 Å². The molecule has 4 nitrogen and oxygen atoms in total. The molecule has 2 rings (SSSR count). The molecule has 4 atom stereocenters. The van der Waals surface area contributed by atoms with Gasteiger partial charge in [0.2, 0.25) is 0 Å². The highest BCUT2D eigenvalue weighted by Crippen LogP contribution is 2.23. The summed E-state index contributed by atoms with van der Waals surface area (Å²) in [6, 6.07) is 9.92. The lowest BCUT2D eigenvalue weighted by Gasteiger charge is -2.37. The van der Waals surface area contributed by atoms with Gasteiger partial charge in [0.25, 0.3) is 0 Å². The van der Waals surface area contributed by atoms with Crippen molar-refractivity contribution < 1.29 is 19.3 Å². The number of rotatable bonds is 4. The first kappa shape index (κ1) is 13.5. The second kappa shape index (κ2) is 6.29. The van der Waals surface area contributed by atoms with Crippen molar-refractivity contribution in [1.29, 1.82) is 0 Å². The van der Waals surface area contributed by atoms with Crippen LogP contribution in [-0.2, 0) is 20.8 Å². The van der Waals surface area contributed by atoms with Gasteiger partial charge in [0.15, 0.2) is 6.29 Å². The fourth-order valence-electron chi connectivity index (χ4n) is 2.10. The summed E-state index contributed by atoms with van der Waals surface area (Å²) < 4.78 is 16.4. The van der Waals surface area contributed by atoms with Gasteiger partial charge in [0.1, 0.15) is 6.10 Å². The lowest BCUT2D eigenvalue weighted by Crippen LogP contribution is -2.48. The van der Waals surface area contributed by atoms with Gasteiger partial charge < -0.3 is 19.3 Å². The molecule has 1 aromatic rings. The minimum Gasteiger partial charge on any atom is -0.388 e. The molecular weight excluding hydrogens is 232 g/mol. The van der Waals surface area contributed by atoms with Crippen molar-refractivity contribution >= 4 is 0 Å². The Labute approximate surface area is 107 Å². The van der Waals surface area contributed by atoms with Crippen LogP contribution in [0.3, 0.4) is 0 Å². The summed E-state index contributed by atoms with van der Waals surface area (Å²) in [5, 5.41) is 10.0. The molecule has 0 aromatic heterocycles. The third kappa shape index (κ3) is 3.29. The second-order valence-electron chi connectivity index (χ2n) is 4.57. The highest BCUT2D eigenvalue weighted by molar-refractivity contribution is 5.13. The van der Waals surface area contributed by atoms with Crippen LogP contribution in [0.4, 0.5) is 0 Å². The van der Waals surface area contributed by atoms with Gasteiger partial charge in [-0.2, -0.15) is 0 Å². The van der Waals surface area contributed by atoms with Crippen LogP contribution < -0.4 is 0 Å². The summed E-state index contributed by atoms with van der Waals surface area (Å²) in [5.41, 5.74) is 1.10. The molecule has 0 saturated carbocycles. The normalized spacial score (nSPS) is 32.4. The van der Waals surface area contributed by atoms with Crippen LogP contribution in [0.25, 0.3) is 0 Å². The summed E-state index contributed by atoms with van der Waals surface area (Å²) in [4.78, 5) is 0. The van der Waals surface area contributed by atoms with Crippen LogP contribution in [0.15, 0.2) is 30.3 Å². The molecule has 0 unspecified atom stereocenters. The van der Waals surface area contributed by atoms with Crippen molar-refractivity contribution in [3.63, 3.8) is 0 Å². The van der Waals surface area contributed by atoms with E-state index in [9.17, 15) is 5.11 Å². The molecule has 100 valence electrons. The van der Waals surface area contributed by atoms with Crippen molar-refractivity contribution in [2.24, 2.45) is 0 Å². The van der Waals surface area contributed by atoms with Crippen LogP contribution in [0.1, 0.15) is 18.9 Å². The lowest BCUT2D eigenvalue weighted by molar-refractivity contribution is -0.247. The number of aliphatic hydroxyl groups excluding tert-OH is 1. The molecule has 0 radical (unpaired) electrons. The van der Waals surface area contributed by atoms with E-state index in [1.807, 2.05) is 37.3 Å². The molecule has 1 heterocycles. The maximum absolute atomic E-state index is 10.0. The summed E-state index contributed by atoms with van der Waals surface area (Å²) in [7, 11) is 1.60. The molecule has 1 fully saturated rings. The van der Waals surface area contributed by atoms with Crippen molar-refractivity contribution in [2.75, 3.05) is 7.11 Å². The Kier molecular flexibility index (Phi) is 4.72. The van der Waals surface area contributed by atoms with Gasteiger partial charge in [0, 0.05) is 13.5 Å². The first-order valence-corrected chi connectivity index (χ1v) is 6.22. The van der Waals surface area contributed by atoms with Crippen LogP contribution >= 0.6 is 0 Å². The molecule has 1 aromatic carbocycles. The third-order valence-corrected chi connectivity index (χ3v) is 3.22. The Morgan fingerprint density at radius 2 is 2.06 bits per heavy atom. The van der Waals surface area contributed by atoms with Gasteiger partial charge in [-0.25, -0.2) is 0 Å². The summed E-state index contributed by atoms with van der Waals surface area (Å²) >= 11 is 0. The summed E-state index contributed by atoms with van der Waals surface area (Å²) in [6.45, 7) is 2.32. The van der Waals surface area contributed by atoms with E-state index in [0.717, 1.165) is 5.56 Å². The zero-order valence-electron chi connectivity index (χ0n) is 10.8. The number of ether oxygens (including phenoxy) is 3. The van der Waals surface area contributed by atoms with Crippen molar-refractivity contribution in [1.82, 2.24) is 0 Å². The summed E-state index contributed by atoms with van der Waals surface area (Å²) in [5.74, 6) is 0. The first-order valence-electron chi connectivity index (χ1n) is 6.22. The predicted molar refractivity (Wildman–Crippen MR) is 67.0 cm³/mol. The number of benzene rings is 1. The van der Waals surface area contributed by atoms with Gasteiger partial charge in [-0.1, -0.05) is 30.3 Å². The largest absolute Gasteiger partial charge is 0.388 e. The zero-order chi connectivity index (χ0) is 13.0. The standard InChI is InChI=1S/C14H20O4/c1-10-14(15)12(8-13(16-2)18-10)17-9-11-6-4-3-5-7-11/h3-7,10,12-15H,8-9H2,1-2H3/t10-,12-,13+,14+/m0/s1. The van der Waals surface area contributed by atoms with Gasteiger partial charge in [-0.15, -0.1) is 0 Å². The smallest absolute Gasteiger partial charge is 0.160 e. The van der Waals surface area contributed by atoms with E-state index in [2.05, 4.69) is 0 Å². The number of methoxy groups -OCH3 is 1. The highest BCUT2D eigenvalue weighted by Gasteiger charge is 2.35. The van der Waals surface area contributed by atoms with Crippen LogP contribution in [0.5, 0.6) is 0 Å².